The first-order valence-electron chi connectivity index (χ1n) is 8.98. The summed E-state index contributed by atoms with van der Waals surface area (Å²) in [5.41, 5.74) is 4.38. The van der Waals surface area contributed by atoms with Crippen molar-refractivity contribution in [2.75, 3.05) is 24.3 Å². The van der Waals surface area contributed by atoms with Gasteiger partial charge in [0.1, 0.15) is 0 Å². The molecule has 144 valence electrons. The molecule has 2 aromatic carbocycles. The quantitative estimate of drug-likeness (QED) is 0.564. The highest BCUT2D eigenvalue weighted by atomic mass is 35.5. The lowest BCUT2D eigenvalue weighted by Gasteiger charge is -2.26. The third kappa shape index (κ3) is 5.68. The molecule has 0 radical (unpaired) electrons. The van der Waals surface area contributed by atoms with Crippen LogP contribution in [0.4, 0.5) is 11.4 Å². The summed E-state index contributed by atoms with van der Waals surface area (Å²) in [4.78, 5) is 8.44. The fourth-order valence-electron chi connectivity index (χ4n) is 2.77. The first-order valence-corrected chi connectivity index (χ1v) is 9.76. The molecule has 0 unspecified atom stereocenters. The molecule has 0 saturated carbocycles. The summed E-state index contributed by atoms with van der Waals surface area (Å²) >= 11 is 11.7. The summed E-state index contributed by atoms with van der Waals surface area (Å²) < 4.78 is 0. The van der Waals surface area contributed by atoms with Gasteiger partial charge in [0, 0.05) is 56.0 Å². The van der Waals surface area contributed by atoms with Gasteiger partial charge in [0.25, 0.3) is 0 Å². The van der Waals surface area contributed by atoms with Crippen LogP contribution in [0.25, 0.3) is 0 Å². The Morgan fingerprint density at radius 3 is 2.25 bits per heavy atom. The van der Waals surface area contributed by atoms with Crippen molar-refractivity contribution in [2.24, 2.45) is 0 Å². The molecule has 0 bridgehead atoms. The fourth-order valence-corrected chi connectivity index (χ4v) is 3.14. The van der Waals surface area contributed by atoms with Gasteiger partial charge in [0.2, 0.25) is 0 Å². The van der Waals surface area contributed by atoms with E-state index in [0.29, 0.717) is 23.2 Å². The second-order valence-corrected chi connectivity index (χ2v) is 7.54. The lowest BCUT2D eigenvalue weighted by Crippen LogP contribution is -2.33. The Morgan fingerprint density at radius 1 is 0.964 bits per heavy atom. The molecule has 3 rings (SSSR count). The number of nitrogens with zero attached hydrogens (tertiary/aromatic N) is 3. The van der Waals surface area contributed by atoms with Crippen LogP contribution in [-0.2, 0) is 13.1 Å². The average Bonchev–Trinajstić information content (AvgIpc) is 2.70. The lowest BCUT2D eigenvalue weighted by atomic mass is 10.1. The van der Waals surface area contributed by atoms with Crippen LogP contribution in [0.3, 0.4) is 0 Å². The minimum atomic E-state index is 0.655. The van der Waals surface area contributed by atoms with E-state index in [9.17, 15) is 0 Å². The maximum absolute atomic E-state index is 5.98. The smallest absolute Gasteiger partial charge is 0.174 e. The van der Waals surface area contributed by atoms with Gasteiger partial charge >= 0.3 is 0 Å². The normalized spacial score (nSPS) is 10.4. The Hall–Kier alpha value is -2.63. The number of hydrogen-bond acceptors (Lipinski definition) is 3. The van der Waals surface area contributed by atoms with Gasteiger partial charge in [-0.2, -0.15) is 0 Å². The van der Waals surface area contributed by atoms with Gasteiger partial charge in [0.15, 0.2) is 5.11 Å². The van der Waals surface area contributed by atoms with Crippen LogP contribution in [0.1, 0.15) is 11.1 Å². The fraction of sp³-hybridized carbons (Fsp3) is 0.182. The third-order valence-electron chi connectivity index (χ3n) is 4.31. The molecule has 0 amide bonds. The molecule has 4 nitrogen and oxygen atoms in total. The number of hydrogen-bond donors (Lipinski definition) is 1. The van der Waals surface area contributed by atoms with E-state index in [2.05, 4.69) is 50.4 Å². The number of pyridine rings is 1. The molecule has 0 saturated heterocycles. The predicted molar refractivity (Wildman–Crippen MR) is 122 cm³/mol. The Bertz CT molecular complexity index is 896. The number of rotatable bonds is 6. The molecule has 1 aromatic heterocycles. The van der Waals surface area contributed by atoms with Crippen LogP contribution >= 0.6 is 23.8 Å². The second-order valence-electron chi connectivity index (χ2n) is 6.72. The van der Waals surface area contributed by atoms with Crippen molar-refractivity contribution in [3.05, 3.63) is 89.2 Å². The zero-order valence-electron chi connectivity index (χ0n) is 16.0. The van der Waals surface area contributed by atoms with Crippen LogP contribution in [-0.4, -0.2) is 29.1 Å². The molecule has 3 aromatic rings. The lowest BCUT2D eigenvalue weighted by molar-refractivity contribution is 0.412. The summed E-state index contributed by atoms with van der Waals surface area (Å²) in [5.74, 6) is 0. The van der Waals surface area contributed by atoms with Gasteiger partial charge in [0.05, 0.1) is 0 Å². The summed E-state index contributed by atoms with van der Waals surface area (Å²) in [6.07, 6.45) is 3.64. The van der Waals surface area contributed by atoms with Gasteiger partial charge in [-0.25, -0.2) is 0 Å². The van der Waals surface area contributed by atoms with E-state index in [1.165, 1.54) is 11.3 Å². The van der Waals surface area contributed by atoms with Crippen molar-refractivity contribution in [2.45, 2.75) is 13.1 Å². The summed E-state index contributed by atoms with van der Waals surface area (Å²) in [7, 11) is 4.07. The predicted octanol–water partition coefficient (Wildman–Crippen LogP) is 5.20. The number of thiocarbonyl (C=S) groups is 1. The molecule has 0 aliphatic heterocycles. The van der Waals surface area contributed by atoms with Crippen LogP contribution in [0.15, 0.2) is 73.1 Å². The highest BCUT2D eigenvalue weighted by molar-refractivity contribution is 7.80. The van der Waals surface area contributed by atoms with Gasteiger partial charge in [-0.05, 0) is 65.8 Å². The van der Waals surface area contributed by atoms with Crippen molar-refractivity contribution < 1.29 is 0 Å². The maximum atomic E-state index is 5.98. The highest BCUT2D eigenvalue weighted by Crippen LogP contribution is 2.18. The van der Waals surface area contributed by atoms with Gasteiger partial charge in [-0.1, -0.05) is 29.8 Å². The van der Waals surface area contributed by atoms with Crippen molar-refractivity contribution in [1.29, 1.82) is 0 Å². The third-order valence-corrected chi connectivity index (χ3v) is 4.92. The number of aromatic nitrogens is 1. The van der Waals surface area contributed by atoms with E-state index < -0.39 is 0 Å². The van der Waals surface area contributed by atoms with Crippen LogP contribution in [0.2, 0.25) is 5.02 Å². The number of halogens is 1. The van der Waals surface area contributed by atoms with E-state index in [-0.39, 0.29) is 0 Å². The number of anilines is 2. The molecule has 28 heavy (non-hydrogen) atoms. The Labute approximate surface area is 176 Å². The monoisotopic (exact) mass is 410 g/mol. The standard InChI is InChI=1S/C22H23ClN4S/c1-26(2)21-11-5-17(6-12-21)15-27(16-18-4-3-13-24-14-18)22(28)25-20-9-7-19(23)8-10-20/h3-14H,15-16H2,1-2H3,(H,25,28). The Kier molecular flexibility index (Phi) is 6.85. The Balaban J connectivity index is 1.77. The molecule has 0 fully saturated rings. The largest absolute Gasteiger partial charge is 0.378 e. The first-order chi connectivity index (χ1) is 13.5. The first kappa shape index (κ1) is 20.1. The van der Waals surface area contributed by atoms with Gasteiger partial charge in [-0.3, -0.25) is 4.98 Å². The van der Waals surface area contributed by atoms with E-state index in [4.69, 9.17) is 23.8 Å². The van der Waals surface area contributed by atoms with Gasteiger partial charge < -0.3 is 15.1 Å². The summed E-state index contributed by atoms with van der Waals surface area (Å²) in [5, 5.41) is 4.66. The molecule has 0 spiro atoms. The summed E-state index contributed by atoms with van der Waals surface area (Å²) in [6, 6.07) is 20.0. The molecule has 0 atom stereocenters. The number of nitrogens with one attached hydrogen (secondary N) is 1. The molecule has 0 aliphatic rings. The zero-order valence-corrected chi connectivity index (χ0v) is 17.5. The topological polar surface area (TPSA) is 31.4 Å². The Morgan fingerprint density at radius 2 is 1.64 bits per heavy atom. The van der Waals surface area contributed by atoms with Gasteiger partial charge in [-0.15, -0.1) is 0 Å². The van der Waals surface area contributed by atoms with E-state index in [1.54, 1.807) is 6.20 Å². The average molecular weight is 411 g/mol. The second kappa shape index (κ2) is 9.53. The van der Waals surface area contributed by atoms with Crippen molar-refractivity contribution >= 4 is 40.3 Å². The SMILES string of the molecule is CN(C)c1ccc(CN(Cc2cccnc2)C(=S)Nc2ccc(Cl)cc2)cc1. The molecular formula is C22H23ClN4S. The molecular weight excluding hydrogens is 388 g/mol. The molecule has 1 N–H and O–H groups in total. The van der Waals surface area contributed by atoms with E-state index in [0.717, 1.165) is 11.3 Å². The minimum absolute atomic E-state index is 0.655. The van der Waals surface area contributed by atoms with Crippen LogP contribution < -0.4 is 10.2 Å². The number of benzene rings is 2. The zero-order chi connectivity index (χ0) is 19.9. The van der Waals surface area contributed by atoms with Crippen molar-refractivity contribution in [1.82, 2.24) is 9.88 Å². The molecule has 0 aliphatic carbocycles. The van der Waals surface area contributed by atoms with E-state index in [1.807, 2.05) is 50.6 Å². The minimum Gasteiger partial charge on any atom is -0.378 e. The molecule has 6 heteroatoms. The maximum Gasteiger partial charge on any atom is 0.174 e. The summed E-state index contributed by atoms with van der Waals surface area (Å²) in [6.45, 7) is 1.37. The van der Waals surface area contributed by atoms with Crippen molar-refractivity contribution in [3.63, 3.8) is 0 Å². The van der Waals surface area contributed by atoms with E-state index >= 15 is 0 Å². The van der Waals surface area contributed by atoms with Crippen LogP contribution in [0.5, 0.6) is 0 Å². The molecule has 1 heterocycles. The van der Waals surface area contributed by atoms with Crippen LogP contribution in [0, 0.1) is 0 Å². The van der Waals surface area contributed by atoms with Crippen molar-refractivity contribution in [3.8, 4) is 0 Å². The highest BCUT2D eigenvalue weighted by Gasteiger charge is 2.12.